The van der Waals surface area contributed by atoms with Gasteiger partial charge in [0.25, 0.3) is 0 Å². The van der Waals surface area contributed by atoms with Crippen molar-refractivity contribution in [3.8, 4) is 11.3 Å². The average Bonchev–Trinajstić information content (AvgIpc) is 2.86. The molecule has 0 radical (unpaired) electrons. The zero-order valence-electron chi connectivity index (χ0n) is 9.94. The molecule has 2 nitrogen and oxygen atoms in total. The van der Waals surface area contributed by atoms with Gasteiger partial charge in [0.1, 0.15) is 0 Å². The number of aryl methyl sites for hydroxylation is 1. The van der Waals surface area contributed by atoms with Crippen molar-refractivity contribution in [1.29, 1.82) is 0 Å². The fourth-order valence-electron chi connectivity index (χ4n) is 1.89. The Morgan fingerprint density at radius 1 is 1.29 bits per heavy atom. The average molecular weight is 244 g/mol. The second kappa shape index (κ2) is 3.93. The molecule has 3 heteroatoms. The number of hydrogen-bond acceptors (Lipinski definition) is 3. The van der Waals surface area contributed by atoms with E-state index in [4.69, 9.17) is 5.73 Å². The van der Waals surface area contributed by atoms with Gasteiger partial charge in [-0.3, -0.25) is 0 Å². The summed E-state index contributed by atoms with van der Waals surface area (Å²) in [6, 6.07) is 8.51. The van der Waals surface area contributed by atoms with Gasteiger partial charge in [0.2, 0.25) is 0 Å². The van der Waals surface area contributed by atoms with Crippen LogP contribution in [-0.2, 0) is 6.42 Å². The Labute approximate surface area is 106 Å². The Hall–Kier alpha value is -1.19. The molecule has 2 aromatic rings. The first-order valence-corrected chi connectivity index (χ1v) is 6.83. The summed E-state index contributed by atoms with van der Waals surface area (Å²) in [5.74, 6) is 0. The van der Waals surface area contributed by atoms with Crippen molar-refractivity contribution in [1.82, 2.24) is 4.98 Å². The Morgan fingerprint density at radius 3 is 2.65 bits per heavy atom. The van der Waals surface area contributed by atoms with Gasteiger partial charge in [0, 0.05) is 22.9 Å². The van der Waals surface area contributed by atoms with Crippen LogP contribution in [-0.4, -0.2) is 10.5 Å². The molecule has 1 aliphatic carbocycles. The minimum atomic E-state index is 0.0579. The second-order valence-electron chi connectivity index (χ2n) is 5.03. The van der Waals surface area contributed by atoms with Gasteiger partial charge in [0.15, 0.2) is 0 Å². The number of nitrogens with zero attached hydrogens (tertiary/aromatic N) is 1. The van der Waals surface area contributed by atoms with Gasteiger partial charge in [-0.1, -0.05) is 29.8 Å². The van der Waals surface area contributed by atoms with E-state index in [2.05, 4.69) is 41.6 Å². The Kier molecular flexibility index (Phi) is 2.53. The third-order valence-electron chi connectivity index (χ3n) is 3.29. The number of hydrogen-bond donors (Lipinski definition) is 1. The molecule has 0 amide bonds. The molecule has 1 aromatic carbocycles. The molecule has 1 fully saturated rings. The van der Waals surface area contributed by atoms with Gasteiger partial charge in [-0.25, -0.2) is 4.98 Å². The molecule has 0 spiro atoms. The van der Waals surface area contributed by atoms with Crippen molar-refractivity contribution in [3.63, 3.8) is 0 Å². The Balaban J connectivity index is 1.82. The summed E-state index contributed by atoms with van der Waals surface area (Å²) in [5.41, 5.74) is 9.72. The highest BCUT2D eigenvalue weighted by molar-refractivity contribution is 7.10. The van der Waals surface area contributed by atoms with Gasteiger partial charge < -0.3 is 5.73 Å². The summed E-state index contributed by atoms with van der Waals surface area (Å²) < 4.78 is 0. The first kappa shape index (κ1) is 10.9. The number of thiazole rings is 1. The molecule has 1 aliphatic rings. The third kappa shape index (κ3) is 2.40. The maximum absolute atomic E-state index is 6.11. The first-order chi connectivity index (χ1) is 8.15. The van der Waals surface area contributed by atoms with E-state index in [9.17, 15) is 0 Å². The van der Waals surface area contributed by atoms with Gasteiger partial charge in [-0.05, 0) is 19.8 Å². The van der Waals surface area contributed by atoms with E-state index >= 15 is 0 Å². The number of benzene rings is 1. The maximum atomic E-state index is 6.11. The van der Waals surface area contributed by atoms with Crippen LogP contribution >= 0.6 is 11.3 Å². The van der Waals surface area contributed by atoms with Gasteiger partial charge in [-0.15, -0.1) is 11.3 Å². The molecule has 0 bridgehead atoms. The minimum absolute atomic E-state index is 0.0579. The highest BCUT2D eigenvalue weighted by atomic mass is 32.1. The molecule has 0 atom stereocenters. The molecule has 88 valence electrons. The predicted octanol–water partition coefficient (Wildman–Crippen LogP) is 3.15. The second-order valence-corrected chi connectivity index (χ2v) is 5.97. The minimum Gasteiger partial charge on any atom is -0.325 e. The zero-order chi connectivity index (χ0) is 11.9. The monoisotopic (exact) mass is 244 g/mol. The van der Waals surface area contributed by atoms with E-state index in [1.807, 2.05) is 0 Å². The normalized spacial score (nSPS) is 17.1. The summed E-state index contributed by atoms with van der Waals surface area (Å²) in [6.07, 6.45) is 3.22. The third-order valence-corrected chi connectivity index (χ3v) is 4.14. The quantitative estimate of drug-likeness (QED) is 0.900. The van der Waals surface area contributed by atoms with Crippen LogP contribution in [0.5, 0.6) is 0 Å². The van der Waals surface area contributed by atoms with E-state index in [1.54, 1.807) is 11.3 Å². The molecule has 0 saturated heterocycles. The maximum Gasteiger partial charge on any atom is 0.0950 e. The van der Waals surface area contributed by atoms with Crippen molar-refractivity contribution >= 4 is 11.3 Å². The summed E-state index contributed by atoms with van der Waals surface area (Å²) in [6.45, 7) is 2.10. The Bertz CT molecular complexity index is 523. The zero-order valence-corrected chi connectivity index (χ0v) is 10.8. The number of nitrogens with two attached hydrogens (primary N) is 1. The van der Waals surface area contributed by atoms with E-state index in [0.29, 0.717) is 0 Å². The van der Waals surface area contributed by atoms with Crippen molar-refractivity contribution < 1.29 is 0 Å². The van der Waals surface area contributed by atoms with Crippen LogP contribution in [0.4, 0.5) is 0 Å². The van der Waals surface area contributed by atoms with Gasteiger partial charge >= 0.3 is 0 Å². The number of rotatable bonds is 3. The molecule has 0 unspecified atom stereocenters. The fraction of sp³-hybridized carbons (Fsp3) is 0.357. The topological polar surface area (TPSA) is 38.9 Å². The number of aromatic nitrogens is 1. The Morgan fingerprint density at radius 2 is 2.00 bits per heavy atom. The summed E-state index contributed by atoms with van der Waals surface area (Å²) in [5, 5.41) is 3.30. The van der Waals surface area contributed by atoms with E-state index in [0.717, 1.165) is 25.0 Å². The molecular weight excluding hydrogens is 228 g/mol. The van der Waals surface area contributed by atoms with Crippen LogP contribution in [0.15, 0.2) is 29.6 Å². The molecule has 2 N–H and O–H groups in total. The van der Waals surface area contributed by atoms with Crippen LogP contribution in [0.3, 0.4) is 0 Å². The van der Waals surface area contributed by atoms with Crippen LogP contribution < -0.4 is 5.73 Å². The van der Waals surface area contributed by atoms with Crippen molar-refractivity contribution in [2.45, 2.75) is 31.7 Å². The smallest absolute Gasteiger partial charge is 0.0950 e. The molecule has 1 heterocycles. The van der Waals surface area contributed by atoms with Gasteiger partial charge in [0.05, 0.1) is 10.7 Å². The molecule has 1 aromatic heterocycles. The van der Waals surface area contributed by atoms with E-state index < -0.39 is 0 Å². The largest absolute Gasteiger partial charge is 0.325 e. The fourth-order valence-corrected chi connectivity index (χ4v) is 2.85. The standard InChI is InChI=1S/C14H16N2S/c1-10-2-4-11(5-3-10)12-9-17-13(16-12)8-14(15)6-7-14/h2-5,9H,6-8,15H2,1H3. The summed E-state index contributed by atoms with van der Waals surface area (Å²) in [7, 11) is 0. The van der Waals surface area contributed by atoms with Crippen molar-refractivity contribution in [3.05, 3.63) is 40.2 Å². The molecule has 3 rings (SSSR count). The van der Waals surface area contributed by atoms with Gasteiger partial charge in [-0.2, -0.15) is 0 Å². The SMILES string of the molecule is Cc1ccc(-c2csc(CC3(N)CC3)n2)cc1. The van der Waals surface area contributed by atoms with Crippen LogP contribution in [0, 0.1) is 6.92 Å². The highest BCUT2D eigenvalue weighted by Gasteiger charge is 2.38. The van der Waals surface area contributed by atoms with E-state index in [1.165, 1.54) is 16.1 Å². The lowest BCUT2D eigenvalue weighted by molar-refractivity contribution is 0.669. The molecule has 17 heavy (non-hydrogen) atoms. The van der Waals surface area contributed by atoms with Crippen molar-refractivity contribution in [2.24, 2.45) is 5.73 Å². The van der Waals surface area contributed by atoms with Crippen LogP contribution in [0.2, 0.25) is 0 Å². The highest BCUT2D eigenvalue weighted by Crippen LogP contribution is 2.36. The van der Waals surface area contributed by atoms with Crippen LogP contribution in [0.1, 0.15) is 23.4 Å². The lowest BCUT2D eigenvalue weighted by Gasteiger charge is -2.03. The summed E-state index contributed by atoms with van der Waals surface area (Å²) >= 11 is 1.72. The van der Waals surface area contributed by atoms with Crippen molar-refractivity contribution in [2.75, 3.05) is 0 Å². The summed E-state index contributed by atoms with van der Waals surface area (Å²) in [4.78, 5) is 4.67. The lowest BCUT2D eigenvalue weighted by Crippen LogP contribution is -2.24. The molecular formula is C14H16N2S. The first-order valence-electron chi connectivity index (χ1n) is 5.95. The molecule has 0 aliphatic heterocycles. The van der Waals surface area contributed by atoms with E-state index in [-0.39, 0.29) is 5.54 Å². The lowest BCUT2D eigenvalue weighted by atomic mass is 10.1. The predicted molar refractivity (Wildman–Crippen MR) is 72.1 cm³/mol. The van der Waals surface area contributed by atoms with Crippen LogP contribution in [0.25, 0.3) is 11.3 Å². The molecule has 1 saturated carbocycles.